The Balaban J connectivity index is 1.58. The van der Waals surface area contributed by atoms with Gasteiger partial charge in [0.2, 0.25) is 0 Å². The summed E-state index contributed by atoms with van der Waals surface area (Å²) in [5.74, 6) is -0.164. The van der Waals surface area contributed by atoms with Crippen LogP contribution < -0.4 is 9.80 Å². The molecular formula is C18H22FN2+. The van der Waals surface area contributed by atoms with Gasteiger partial charge in [-0.2, -0.15) is 0 Å². The second kappa shape index (κ2) is 6.27. The predicted octanol–water partition coefficient (Wildman–Crippen LogP) is 2.04. The van der Waals surface area contributed by atoms with E-state index in [1.165, 1.54) is 11.1 Å². The van der Waals surface area contributed by atoms with Gasteiger partial charge in [0.05, 0.1) is 26.2 Å². The third-order valence-corrected chi connectivity index (χ3v) is 4.36. The fourth-order valence-corrected chi connectivity index (χ4v) is 2.99. The molecule has 1 aliphatic rings. The molecule has 0 aliphatic carbocycles. The molecule has 0 bridgehead atoms. The quantitative estimate of drug-likeness (QED) is 0.907. The largest absolute Gasteiger partial charge is 0.360 e. The zero-order valence-corrected chi connectivity index (χ0v) is 12.5. The lowest BCUT2D eigenvalue weighted by Gasteiger charge is -2.33. The van der Waals surface area contributed by atoms with Gasteiger partial charge in [0.25, 0.3) is 0 Å². The van der Waals surface area contributed by atoms with Gasteiger partial charge >= 0.3 is 0 Å². The zero-order chi connectivity index (χ0) is 14.7. The Bertz CT molecular complexity index is 586. The fourth-order valence-electron chi connectivity index (χ4n) is 2.99. The van der Waals surface area contributed by atoms with Gasteiger partial charge in [-0.3, -0.25) is 0 Å². The van der Waals surface area contributed by atoms with Crippen LogP contribution in [-0.2, 0) is 6.54 Å². The summed E-state index contributed by atoms with van der Waals surface area (Å²) < 4.78 is 13.0. The minimum atomic E-state index is -0.164. The molecule has 110 valence electrons. The molecule has 2 aromatic rings. The van der Waals surface area contributed by atoms with Gasteiger partial charge in [0.1, 0.15) is 12.4 Å². The van der Waals surface area contributed by atoms with Crippen LogP contribution in [0.3, 0.4) is 0 Å². The summed E-state index contributed by atoms with van der Waals surface area (Å²) in [4.78, 5) is 3.98. The molecule has 1 heterocycles. The van der Waals surface area contributed by atoms with Crippen LogP contribution in [0.2, 0.25) is 0 Å². The Labute approximate surface area is 125 Å². The number of halogens is 1. The molecule has 0 spiro atoms. The molecule has 0 radical (unpaired) electrons. The van der Waals surface area contributed by atoms with Gasteiger partial charge in [-0.15, -0.1) is 0 Å². The molecule has 1 fully saturated rings. The molecule has 2 aromatic carbocycles. The van der Waals surface area contributed by atoms with Gasteiger partial charge in [-0.25, -0.2) is 4.39 Å². The molecular weight excluding hydrogens is 263 g/mol. The standard InChI is InChI=1S/C18H21FN2/c1-15-4-2-3-5-16(15)14-20-10-12-21(13-11-20)18-8-6-17(19)7-9-18/h2-9H,10-14H2,1H3/p+1. The number of piperazine rings is 1. The van der Waals surface area contributed by atoms with Crippen LogP contribution in [0.15, 0.2) is 48.5 Å². The van der Waals surface area contributed by atoms with Crippen LogP contribution in [0.25, 0.3) is 0 Å². The lowest BCUT2D eigenvalue weighted by atomic mass is 10.1. The molecule has 1 N–H and O–H groups in total. The molecule has 21 heavy (non-hydrogen) atoms. The Morgan fingerprint density at radius 3 is 2.33 bits per heavy atom. The van der Waals surface area contributed by atoms with Crippen LogP contribution >= 0.6 is 0 Å². The summed E-state index contributed by atoms with van der Waals surface area (Å²) in [5, 5.41) is 0. The van der Waals surface area contributed by atoms with E-state index in [2.05, 4.69) is 36.1 Å². The number of benzene rings is 2. The highest BCUT2D eigenvalue weighted by molar-refractivity contribution is 5.46. The van der Waals surface area contributed by atoms with Gasteiger partial charge in [0, 0.05) is 11.3 Å². The van der Waals surface area contributed by atoms with Crippen LogP contribution in [0.1, 0.15) is 11.1 Å². The molecule has 1 saturated heterocycles. The Morgan fingerprint density at radius 1 is 1.00 bits per heavy atom. The van der Waals surface area contributed by atoms with Crippen molar-refractivity contribution in [1.82, 2.24) is 0 Å². The van der Waals surface area contributed by atoms with Crippen molar-refractivity contribution in [2.24, 2.45) is 0 Å². The van der Waals surface area contributed by atoms with E-state index in [4.69, 9.17) is 0 Å². The summed E-state index contributed by atoms with van der Waals surface area (Å²) in [6.45, 7) is 7.62. The van der Waals surface area contributed by atoms with E-state index in [0.717, 1.165) is 38.4 Å². The highest BCUT2D eigenvalue weighted by atomic mass is 19.1. The maximum absolute atomic E-state index is 13.0. The maximum atomic E-state index is 13.0. The molecule has 0 unspecified atom stereocenters. The van der Waals surface area contributed by atoms with Gasteiger partial charge < -0.3 is 9.80 Å². The van der Waals surface area contributed by atoms with Crippen molar-refractivity contribution in [3.63, 3.8) is 0 Å². The average molecular weight is 285 g/mol. The minimum absolute atomic E-state index is 0.164. The molecule has 0 amide bonds. The molecule has 2 nitrogen and oxygen atoms in total. The number of nitrogens with one attached hydrogen (secondary N) is 1. The molecule has 3 heteroatoms. The van der Waals surface area contributed by atoms with Crippen molar-refractivity contribution in [3.05, 3.63) is 65.5 Å². The first-order chi connectivity index (χ1) is 10.2. The number of nitrogens with zero attached hydrogens (tertiary/aromatic N) is 1. The monoisotopic (exact) mass is 285 g/mol. The van der Waals surface area contributed by atoms with Crippen molar-refractivity contribution >= 4 is 5.69 Å². The van der Waals surface area contributed by atoms with E-state index in [1.807, 2.05) is 12.1 Å². The molecule has 0 atom stereocenters. The molecule has 0 aromatic heterocycles. The van der Waals surface area contributed by atoms with E-state index in [0.29, 0.717) is 0 Å². The Kier molecular flexibility index (Phi) is 4.20. The highest BCUT2D eigenvalue weighted by Crippen LogP contribution is 2.14. The second-order valence-corrected chi connectivity index (χ2v) is 5.82. The highest BCUT2D eigenvalue weighted by Gasteiger charge is 2.20. The van der Waals surface area contributed by atoms with Crippen molar-refractivity contribution in [1.29, 1.82) is 0 Å². The Hall–Kier alpha value is -1.87. The third-order valence-electron chi connectivity index (χ3n) is 4.36. The first-order valence-electron chi connectivity index (χ1n) is 7.61. The van der Waals surface area contributed by atoms with Gasteiger partial charge in [-0.1, -0.05) is 24.3 Å². The van der Waals surface area contributed by atoms with Crippen molar-refractivity contribution in [2.75, 3.05) is 31.1 Å². The van der Waals surface area contributed by atoms with E-state index in [-0.39, 0.29) is 5.82 Å². The summed E-state index contributed by atoms with van der Waals surface area (Å²) in [7, 11) is 0. The van der Waals surface area contributed by atoms with E-state index < -0.39 is 0 Å². The number of quaternary nitrogens is 1. The first-order valence-corrected chi connectivity index (χ1v) is 7.61. The van der Waals surface area contributed by atoms with Crippen LogP contribution in [0, 0.1) is 12.7 Å². The summed E-state index contributed by atoms with van der Waals surface area (Å²) in [6, 6.07) is 15.5. The fraction of sp³-hybridized carbons (Fsp3) is 0.333. The topological polar surface area (TPSA) is 7.68 Å². The van der Waals surface area contributed by atoms with Crippen LogP contribution in [0.4, 0.5) is 10.1 Å². The smallest absolute Gasteiger partial charge is 0.123 e. The Morgan fingerprint density at radius 2 is 1.67 bits per heavy atom. The zero-order valence-electron chi connectivity index (χ0n) is 12.5. The number of aryl methyl sites for hydroxylation is 1. The van der Waals surface area contributed by atoms with Crippen LogP contribution in [-0.4, -0.2) is 26.2 Å². The van der Waals surface area contributed by atoms with E-state index in [9.17, 15) is 4.39 Å². The van der Waals surface area contributed by atoms with Gasteiger partial charge in [0.15, 0.2) is 0 Å². The molecule has 1 aliphatic heterocycles. The summed E-state index contributed by atoms with van der Waals surface area (Å²) >= 11 is 0. The van der Waals surface area contributed by atoms with E-state index >= 15 is 0 Å². The predicted molar refractivity (Wildman–Crippen MR) is 84.2 cm³/mol. The minimum Gasteiger partial charge on any atom is -0.360 e. The molecule has 0 saturated carbocycles. The van der Waals surface area contributed by atoms with Crippen molar-refractivity contribution in [3.8, 4) is 0 Å². The normalized spacial score (nSPS) is 16.2. The number of hydrogen-bond acceptors (Lipinski definition) is 1. The maximum Gasteiger partial charge on any atom is 0.123 e. The number of anilines is 1. The lowest BCUT2D eigenvalue weighted by Crippen LogP contribution is -3.13. The lowest BCUT2D eigenvalue weighted by molar-refractivity contribution is -0.914. The van der Waals surface area contributed by atoms with E-state index in [1.54, 1.807) is 17.0 Å². The third kappa shape index (κ3) is 3.42. The second-order valence-electron chi connectivity index (χ2n) is 5.82. The number of hydrogen-bond donors (Lipinski definition) is 1. The van der Waals surface area contributed by atoms with Gasteiger partial charge in [-0.05, 0) is 36.8 Å². The summed E-state index contributed by atoms with van der Waals surface area (Å²) in [5.41, 5.74) is 3.96. The SMILES string of the molecule is Cc1ccccc1C[NH+]1CCN(c2ccc(F)cc2)CC1. The van der Waals surface area contributed by atoms with Crippen LogP contribution in [0.5, 0.6) is 0 Å². The average Bonchev–Trinajstić information content (AvgIpc) is 2.51. The summed E-state index contributed by atoms with van der Waals surface area (Å²) in [6.07, 6.45) is 0. The molecule has 3 rings (SSSR count). The van der Waals surface area contributed by atoms with Crippen molar-refractivity contribution in [2.45, 2.75) is 13.5 Å². The first kappa shape index (κ1) is 14.1. The van der Waals surface area contributed by atoms with Crippen molar-refractivity contribution < 1.29 is 9.29 Å². The number of rotatable bonds is 3.